The van der Waals surface area contributed by atoms with Crippen LogP contribution in [0.3, 0.4) is 0 Å². The maximum absolute atomic E-state index is 13.5. The molecule has 6 rings (SSSR count). The molecule has 0 aliphatic carbocycles. The summed E-state index contributed by atoms with van der Waals surface area (Å²) in [5, 5.41) is 0.727. The number of imide groups is 2. The van der Waals surface area contributed by atoms with Crippen LogP contribution in [0.4, 0.5) is 0 Å². The summed E-state index contributed by atoms with van der Waals surface area (Å²) >= 11 is 0. The maximum Gasteiger partial charge on any atom is 0.261 e. The Kier molecular flexibility index (Phi) is 7.59. The number of rotatable bonds is 10. The first-order chi connectivity index (χ1) is 21.2. The second-order valence-corrected chi connectivity index (χ2v) is 11.1. The summed E-state index contributed by atoms with van der Waals surface area (Å²) < 4.78 is 11.2. The van der Waals surface area contributed by atoms with E-state index >= 15 is 0 Å². The van der Waals surface area contributed by atoms with Gasteiger partial charge in [0.2, 0.25) is 0 Å². The largest absolute Gasteiger partial charge is 0.460 e. The van der Waals surface area contributed by atoms with Crippen LogP contribution < -0.4 is 0 Å². The van der Waals surface area contributed by atoms with Crippen molar-refractivity contribution in [1.29, 1.82) is 0 Å². The van der Waals surface area contributed by atoms with Gasteiger partial charge in [-0.3, -0.25) is 39.0 Å². The molecule has 0 N–H and O–H groups in total. The van der Waals surface area contributed by atoms with Crippen molar-refractivity contribution in [1.82, 2.24) is 9.80 Å². The molecule has 4 amide bonds. The molecule has 0 spiro atoms. The lowest BCUT2D eigenvalue weighted by Crippen LogP contribution is -2.44. The predicted molar refractivity (Wildman–Crippen MR) is 165 cm³/mol. The Morgan fingerprint density at radius 2 is 0.932 bits per heavy atom. The van der Waals surface area contributed by atoms with E-state index in [9.17, 15) is 19.2 Å². The molecule has 0 fully saturated rings. The lowest BCUT2D eigenvalue weighted by Gasteiger charge is -2.31. The lowest BCUT2D eigenvalue weighted by molar-refractivity contribution is 0.0588. The van der Waals surface area contributed by atoms with E-state index < -0.39 is 23.6 Å². The third-order valence-corrected chi connectivity index (χ3v) is 8.21. The Hall–Kier alpha value is -5.12. The summed E-state index contributed by atoms with van der Waals surface area (Å²) in [7, 11) is 0. The number of carbonyl (C=O) groups excluding carboxylic acids is 4. The molecule has 0 atom stereocenters. The minimum Gasteiger partial charge on any atom is -0.460 e. The van der Waals surface area contributed by atoms with Gasteiger partial charge in [0.15, 0.2) is 0 Å². The summed E-state index contributed by atoms with van der Waals surface area (Å²) in [6.07, 6.45) is 4.23. The van der Waals surface area contributed by atoms with Crippen LogP contribution in [-0.4, -0.2) is 72.0 Å². The van der Waals surface area contributed by atoms with E-state index in [0.717, 1.165) is 22.6 Å². The van der Waals surface area contributed by atoms with Gasteiger partial charge < -0.3 is 8.83 Å². The summed E-state index contributed by atoms with van der Waals surface area (Å²) in [6.45, 7) is 8.87. The molecule has 10 nitrogen and oxygen atoms in total. The lowest BCUT2D eigenvalue weighted by atomic mass is 9.86. The van der Waals surface area contributed by atoms with E-state index in [1.165, 1.54) is 9.80 Å². The van der Waals surface area contributed by atoms with E-state index in [1.54, 1.807) is 36.7 Å². The third-order valence-electron chi connectivity index (χ3n) is 8.21. The topological polar surface area (TPSA) is 126 Å². The van der Waals surface area contributed by atoms with Crippen molar-refractivity contribution in [3.05, 3.63) is 92.8 Å². The molecule has 44 heavy (non-hydrogen) atoms. The number of benzene rings is 2. The smallest absolute Gasteiger partial charge is 0.261 e. The normalized spacial score (nSPS) is 14.8. The minimum atomic E-state index is -0.449. The van der Waals surface area contributed by atoms with Gasteiger partial charge >= 0.3 is 0 Å². The van der Waals surface area contributed by atoms with E-state index in [1.807, 2.05) is 39.8 Å². The monoisotopic (exact) mass is 592 g/mol. The fraction of sp³-hybridized carbons (Fsp3) is 0.294. The summed E-state index contributed by atoms with van der Waals surface area (Å²) in [6, 6.07) is 10.1. The van der Waals surface area contributed by atoms with Gasteiger partial charge in [0.1, 0.15) is 23.0 Å². The van der Waals surface area contributed by atoms with Crippen LogP contribution in [0.1, 0.15) is 88.4 Å². The van der Waals surface area contributed by atoms with Crippen LogP contribution in [0.2, 0.25) is 0 Å². The molecule has 0 unspecified atom stereocenters. The van der Waals surface area contributed by atoms with Crippen molar-refractivity contribution < 1.29 is 28.0 Å². The quantitative estimate of drug-likeness (QED) is 0.137. The molecule has 0 saturated heterocycles. The Bertz CT molecular complexity index is 1660. The van der Waals surface area contributed by atoms with Gasteiger partial charge in [0, 0.05) is 59.2 Å². The number of hydrogen-bond donors (Lipinski definition) is 0. The molecule has 10 heteroatoms. The van der Waals surface area contributed by atoms with E-state index in [2.05, 4.69) is 9.98 Å². The highest BCUT2D eigenvalue weighted by molar-refractivity contribution is 6.33. The van der Waals surface area contributed by atoms with Gasteiger partial charge in [-0.15, -0.1) is 0 Å². The Morgan fingerprint density at radius 3 is 1.23 bits per heavy atom. The van der Waals surface area contributed by atoms with Crippen LogP contribution in [0.25, 0.3) is 10.8 Å². The number of amides is 4. The zero-order valence-corrected chi connectivity index (χ0v) is 25.1. The first-order valence-electron chi connectivity index (χ1n) is 14.6. The average molecular weight is 593 g/mol. The van der Waals surface area contributed by atoms with Crippen molar-refractivity contribution in [2.45, 2.75) is 40.5 Å². The van der Waals surface area contributed by atoms with Crippen LogP contribution in [0, 0.1) is 27.7 Å². The molecular weight excluding hydrogens is 560 g/mol. The van der Waals surface area contributed by atoms with E-state index in [0.29, 0.717) is 70.5 Å². The zero-order chi connectivity index (χ0) is 31.1. The first-order valence-corrected chi connectivity index (χ1v) is 14.6. The number of aryl methyl sites for hydroxylation is 4. The number of furan rings is 2. The minimum absolute atomic E-state index is 0.183. The molecule has 0 saturated carbocycles. The number of carbonyl (C=O) groups is 4. The highest BCUT2D eigenvalue weighted by Crippen LogP contribution is 2.38. The van der Waals surface area contributed by atoms with Crippen LogP contribution in [0.5, 0.6) is 0 Å². The molecular formula is C34H32N4O6. The van der Waals surface area contributed by atoms with E-state index in [4.69, 9.17) is 8.83 Å². The van der Waals surface area contributed by atoms with Crippen molar-refractivity contribution in [3.63, 3.8) is 0 Å². The second-order valence-electron chi connectivity index (χ2n) is 11.1. The van der Waals surface area contributed by atoms with Crippen molar-refractivity contribution in [2.24, 2.45) is 9.98 Å². The second kappa shape index (κ2) is 11.5. The third kappa shape index (κ3) is 5.06. The SMILES string of the molecule is Cc1cc(C=NCCCN2C(=O)c3ccc4c5c(ccc(c35)C2=O)C(=O)N(CCCN=Cc2cc(C)c(C)o2)C4=O)oc1C. The fourth-order valence-electron chi connectivity index (χ4n) is 5.66. The summed E-state index contributed by atoms with van der Waals surface area (Å²) in [4.78, 5) is 65.0. The Labute approximate surface area is 254 Å². The maximum atomic E-state index is 13.5. The first kappa shape index (κ1) is 29.0. The Balaban J connectivity index is 1.15. The number of aliphatic imine (C=N–C) groups is 2. The summed E-state index contributed by atoms with van der Waals surface area (Å²) in [5.41, 5.74) is 3.30. The van der Waals surface area contributed by atoms with Crippen molar-refractivity contribution in [2.75, 3.05) is 26.2 Å². The predicted octanol–water partition coefficient (Wildman–Crippen LogP) is 5.47. The Morgan fingerprint density at radius 1 is 0.591 bits per heavy atom. The molecule has 4 heterocycles. The van der Waals surface area contributed by atoms with Crippen molar-refractivity contribution in [3.8, 4) is 0 Å². The van der Waals surface area contributed by atoms with Gasteiger partial charge in [-0.05, 0) is 88.1 Å². The molecule has 224 valence electrons. The molecule has 2 aliphatic rings. The van der Waals surface area contributed by atoms with Crippen LogP contribution >= 0.6 is 0 Å². The molecule has 2 aromatic carbocycles. The highest BCUT2D eigenvalue weighted by Gasteiger charge is 2.39. The van der Waals surface area contributed by atoms with Crippen LogP contribution in [-0.2, 0) is 0 Å². The molecule has 2 aromatic heterocycles. The van der Waals surface area contributed by atoms with Gasteiger partial charge in [0.05, 0.1) is 12.4 Å². The van der Waals surface area contributed by atoms with Gasteiger partial charge in [-0.1, -0.05) is 0 Å². The molecule has 2 aliphatic heterocycles. The fourth-order valence-corrected chi connectivity index (χ4v) is 5.66. The number of nitrogens with zero attached hydrogens (tertiary/aromatic N) is 4. The molecule has 0 bridgehead atoms. The van der Waals surface area contributed by atoms with Gasteiger partial charge in [-0.2, -0.15) is 0 Å². The zero-order valence-electron chi connectivity index (χ0n) is 25.1. The molecule has 0 radical (unpaired) electrons. The summed E-state index contributed by atoms with van der Waals surface area (Å²) in [5.74, 6) is 1.19. The van der Waals surface area contributed by atoms with Crippen LogP contribution in [0.15, 0.2) is 55.2 Å². The van der Waals surface area contributed by atoms with Gasteiger partial charge in [0.25, 0.3) is 23.6 Å². The average Bonchev–Trinajstić information content (AvgIpc) is 3.50. The number of hydrogen-bond acceptors (Lipinski definition) is 8. The van der Waals surface area contributed by atoms with Crippen molar-refractivity contribution >= 4 is 46.8 Å². The van der Waals surface area contributed by atoms with E-state index in [-0.39, 0.29) is 13.1 Å². The van der Waals surface area contributed by atoms with Gasteiger partial charge in [-0.25, -0.2) is 0 Å². The standard InChI is InChI=1S/C34H32N4O6/c1-19-15-23(43-21(19)3)17-35-11-5-13-37-31(39)25-7-9-27-30-28(10-8-26(29(25)30)32(37)40)34(42)38(33(27)41)14-6-12-36-18-24-16-20(2)22(4)44-24/h7-10,15-18H,5-6,11-14H2,1-4H3. The molecule has 4 aromatic rings. The highest BCUT2D eigenvalue weighted by atomic mass is 16.3.